The third-order valence-electron chi connectivity index (χ3n) is 7.25. The van der Waals surface area contributed by atoms with Gasteiger partial charge in [0.2, 0.25) is 0 Å². The number of nitrogens with one attached hydrogen (secondary N) is 2. The molecular weight excluding hydrogens is 480 g/mol. The highest BCUT2D eigenvalue weighted by molar-refractivity contribution is 5.97. The first-order chi connectivity index (χ1) is 18.2. The van der Waals surface area contributed by atoms with Gasteiger partial charge in [-0.25, -0.2) is 4.79 Å². The van der Waals surface area contributed by atoms with Crippen molar-refractivity contribution >= 4 is 33.8 Å². The number of hydrogen-bond donors (Lipinski definition) is 3. The third-order valence-corrected chi connectivity index (χ3v) is 7.25. The Bertz CT molecular complexity index is 1740. The van der Waals surface area contributed by atoms with Crippen LogP contribution in [0.1, 0.15) is 58.0 Å². The Morgan fingerprint density at radius 2 is 1.74 bits per heavy atom. The largest absolute Gasteiger partial charge is 0.481 e. The quantitative estimate of drug-likeness (QED) is 0.288. The molecule has 0 aliphatic carbocycles. The summed E-state index contributed by atoms with van der Waals surface area (Å²) in [5, 5.41) is 13.5. The molecular formula is C30H30N4O4. The summed E-state index contributed by atoms with van der Waals surface area (Å²) in [7, 11) is 1.55. The number of aliphatic carboxylic acids is 1. The van der Waals surface area contributed by atoms with Gasteiger partial charge in [0, 0.05) is 35.3 Å². The Morgan fingerprint density at radius 3 is 2.42 bits per heavy atom. The number of carbonyl (C=O) groups is 2. The van der Waals surface area contributed by atoms with Crippen molar-refractivity contribution in [2.45, 2.75) is 39.3 Å². The van der Waals surface area contributed by atoms with E-state index in [0.717, 1.165) is 27.6 Å². The van der Waals surface area contributed by atoms with E-state index >= 15 is 0 Å². The van der Waals surface area contributed by atoms with Crippen LogP contribution in [-0.4, -0.2) is 38.1 Å². The van der Waals surface area contributed by atoms with Gasteiger partial charge in [-0.05, 0) is 61.7 Å². The fourth-order valence-corrected chi connectivity index (χ4v) is 5.56. The van der Waals surface area contributed by atoms with Crippen molar-refractivity contribution in [3.05, 3.63) is 105 Å². The normalized spacial score (nSPS) is 13.1. The summed E-state index contributed by atoms with van der Waals surface area (Å²) in [6, 6.07) is 17.3. The van der Waals surface area contributed by atoms with Gasteiger partial charge in [-0.3, -0.25) is 18.7 Å². The van der Waals surface area contributed by atoms with Crippen molar-refractivity contribution in [3.63, 3.8) is 0 Å². The standard InChI is InChI=1S/C30H30N4O4/c1-17-12-18(2)28-22(16-32-23(28)13-17)19(3)33-24-11-10-21(29(37)31-4)14-26(24)34(30(33)38)25(15-27(35)36)20-8-6-5-7-9-20/h5-14,16,19,25,32H,15H2,1-4H3,(H,31,37)(H,35,36). The number of hydrogen-bond acceptors (Lipinski definition) is 3. The zero-order valence-electron chi connectivity index (χ0n) is 21.8. The molecule has 2 aromatic heterocycles. The van der Waals surface area contributed by atoms with Crippen molar-refractivity contribution in [2.24, 2.45) is 0 Å². The van der Waals surface area contributed by atoms with E-state index in [-0.39, 0.29) is 24.1 Å². The molecule has 1 amide bonds. The molecule has 3 N–H and O–H groups in total. The summed E-state index contributed by atoms with van der Waals surface area (Å²) in [5.74, 6) is -1.31. The van der Waals surface area contributed by atoms with Crippen LogP contribution < -0.4 is 11.0 Å². The molecule has 0 aliphatic heterocycles. The minimum Gasteiger partial charge on any atom is -0.481 e. The highest BCUT2D eigenvalue weighted by atomic mass is 16.4. The second-order valence-electron chi connectivity index (χ2n) is 9.75. The molecule has 8 nitrogen and oxygen atoms in total. The number of nitrogens with zero attached hydrogens (tertiary/aromatic N) is 2. The van der Waals surface area contributed by atoms with Crippen LogP contribution in [0.2, 0.25) is 0 Å². The Hall–Kier alpha value is -4.59. The Labute approximate surface area is 219 Å². The zero-order chi connectivity index (χ0) is 27.1. The molecule has 0 saturated carbocycles. The predicted molar refractivity (Wildman–Crippen MR) is 148 cm³/mol. The molecule has 0 spiro atoms. The Balaban J connectivity index is 1.80. The molecule has 2 heterocycles. The second kappa shape index (κ2) is 9.70. The summed E-state index contributed by atoms with van der Waals surface area (Å²) in [4.78, 5) is 42.1. The van der Waals surface area contributed by atoms with Gasteiger partial charge in [-0.1, -0.05) is 36.4 Å². The van der Waals surface area contributed by atoms with Crippen molar-refractivity contribution in [1.82, 2.24) is 19.4 Å². The molecule has 8 heteroatoms. The number of H-pyrrole nitrogens is 1. The lowest BCUT2D eigenvalue weighted by Crippen LogP contribution is -2.31. The fraction of sp³-hybridized carbons (Fsp3) is 0.233. The van der Waals surface area contributed by atoms with Gasteiger partial charge in [0.15, 0.2) is 0 Å². The van der Waals surface area contributed by atoms with Gasteiger partial charge in [0.1, 0.15) is 0 Å². The van der Waals surface area contributed by atoms with Crippen LogP contribution in [0.4, 0.5) is 0 Å². The number of fused-ring (bicyclic) bond motifs is 2. The molecule has 38 heavy (non-hydrogen) atoms. The number of aryl methyl sites for hydroxylation is 2. The molecule has 0 radical (unpaired) electrons. The molecule has 3 aromatic carbocycles. The van der Waals surface area contributed by atoms with Gasteiger partial charge < -0.3 is 15.4 Å². The van der Waals surface area contributed by atoms with Crippen LogP contribution in [-0.2, 0) is 4.79 Å². The van der Waals surface area contributed by atoms with Crippen molar-refractivity contribution in [3.8, 4) is 0 Å². The van der Waals surface area contributed by atoms with E-state index in [9.17, 15) is 19.5 Å². The Kier molecular flexibility index (Phi) is 6.40. The lowest BCUT2D eigenvalue weighted by molar-refractivity contribution is -0.137. The number of imidazole rings is 1. The first kappa shape index (κ1) is 25.1. The second-order valence-corrected chi connectivity index (χ2v) is 9.75. The van der Waals surface area contributed by atoms with Gasteiger partial charge in [-0.15, -0.1) is 0 Å². The third kappa shape index (κ3) is 4.18. The summed E-state index contributed by atoms with van der Waals surface area (Å²) >= 11 is 0. The lowest BCUT2D eigenvalue weighted by atomic mass is 10.0. The van der Waals surface area contributed by atoms with E-state index in [1.54, 1.807) is 29.8 Å². The van der Waals surface area contributed by atoms with E-state index < -0.39 is 12.0 Å². The smallest absolute Gasteiger partial charge is 0.330 e. The van der Waals surface area contributed by atoms with Crippen LogP contribution in [0, 0.1) is 13.8 Å². The van der Waals surface area contributed by atoms with Crippen molar-refractivity contribution in [1.29, 1.82) is 0 Å². The Morgan fingerprint density at radius 1 is 1.00 bits per heavy atom. The van der Waals surface area contributed by atoms with E-state index in [2.05, 4.69) is 29.4 Å². The number of carboxylic acids is 1. The van der Waals surface area contributed by atoms with E-state index in [4.69, 9.17) is 0 Å². The minimum atomic E-state index is -1.02. The summed E-state index contributed by atoms with van der Waals surface area (Å²) < 4.78 is 3.22. The van der Waals surface area contributed by atoms with Gasteiger partial charge >= 0.3 is 11.7 Å². The van der Waals surface area contributed by atoms with E-state index in [1.807, 2.05) is 50.4 Å². The maximum Gasteiger partial charge on any atom is 0.330 e. The number of carboxylic acid groups (broad SMARTS) is 1. The predicted octanol–water partition coefficient (Wildman–Crippen LogP) is 4.93. The minimum absolute atomic E-state index is 0.285. The highest BCUT2D eigenvalue weighted by Crippen LogP contribution is 2.33. The van der Waals surface area contributed by atoms with Gasteiger partial charge in [0.05, 0.1) is 29.5 Å². The first-order valence-corrected chi connectivity index (χ1v) is 12.5. The number of benzene rings is 3. The van der Waals surface area contributed by atoms with Crippen LogP contribution in [0.25, 0.3) is 21.9 Å². The fourth-order valence-electron chi connectivity index (χ4n) is 5.56. The average molecular weight is 511 g/mol. The molecule has 0 saturated heterocycles. The SMILES string of the molecule is CNC(=O)c1ccc2c(c1)n(C(CC(=O)O)c1ccccc1)c(=O)n2C(C)c1c[nH]c2cc(C)cc(C)c12. The van der Waals surface area contributed by atoms with Gasteiger partial charge in [-0.2, -0.15) is 0 Å². The number of rotatable bonds is 7. The topological polar surface area (TPSA) is 109 Å². The number of aromatic amines is 1. The molecule has 194 valence electrons. The van der Waals surface area contributed by atoms with Crippen LogP contribution in [0.5, 0.6) is 0 Å². The number of carbonyl (C=O) groups excluding carboxylic acids is 1. The highest BCUT2D eigenvalue weighted by Gasteiger charge is 2.28. The molecule has 0 bridgehead atoms. The summed E-state index contributed by atoms with van der Waals surface area (Å²) in [6.07, 6.45) is 1.65. The molecule has 0 fully saturated rings. The maximum absolute atomic E-state index is 14.3. The summed E-state index contributed by atoms with van der Waals surface area (Å²) in [5.41, 5.74) is 6.09. The van der Waals surface area contributed by atoms with Crippen LogP contribution in [0.3, 0.4) is 0 Å². The van der Waals surface area contributed by atoms with E-state index in [0.29, 0.717) is 22.2 Å². The average Bonchev–Trinajstić information content (AvgIpc) is 3.45. The number of amides is 1. The van der Waals surface area contributed by atoms with Crippen LogP contribution >= 0.6 is 0 Å². The lowest BCUT2D eigenvalue weighted by Gasteiger charge is -2.18. The molecule has 5 rings (SSSR count). The number of aromatic nitrogens is 3. The molecule has 2 unspecified atom stereocenters. The van der Waals surface area contributed by atoms with Crippen molar-refractivity contribution in [2.75, 3.05) is 7.05 Å². The zero-order valence-corrected chi connectivity index (χ0v) is 21.8. The first-order valence-electron chi connectivity index (χ1n) is 12.5. The van der Waals surface area contributed by atoms with Gasteiger partial charge in [0.25, 0.3) is 5.91 Å². The van der Waals surface area contributed by atoms with Crippen molar-refractivity contribution < 1.29 is 14.7 Å². The monoisotopic (exact) mass is 510 g/mol. The van der Waals surface area contributed by atoms with E-state index in [1.165, 1.54) is 4.57 Å². The maximum atomic E-state index is 14.3. The molecule has 2 atom stereocenters. The molecule has 5 aromatic rings. The van der Waals surface area contributed by atoms with Crippen LogP contribution in [0.15, 0.2) is 71.7 Å². The molecule has 0 aliphatic rings. The summed E-state index contributed by atoms with van der Waals surface area (Å²) in [6.45, 7) is 6.07.